The van der Waals surface area contributed by atoms with Crippen LogP contribution in [0.2, 0.25) is 10.0 Å². The highest BCUT2D eigenvalue weighted by Crippen LogP contribution is 2.29. The van der Waals surface area contributed by atoms with Crippen molar-refractivity contribution in [2.45, 2.75) is 55.5 Å². The zero-order chi connectivity index (χ0) is 34.0. The van der Waals surface area contributed by atoms with Gasteiger partial charge in [-0.05, 0) is 73.7 Å². The summed E-state index contributed by atoms with van der Waals surface area (Å²) in [5.41, 5.74) is 2.55. The maximum atomic E-state index is 14.6. The van der Waals surface area contributed by atoms with Crippen molar-refractivity contribution >= 4 is 62.5 Å². The van der Waals surface area contributed by atoms with Gasteiger partial charge >= 0.3 is 0 Å². The summed E-state index contributed by atoms with van der Waals surface area (Å²) in [5.74, 6) is -0.936. The van der Waals surface area contributed by atoms with Crippen molar-refractivity contribution in [3.63, 3.8) is 0 Å². The van der Waals surface area contributed by atoms with E-state index in [4.69, 9.17) is 23.2 Å². The van der Waals surface area contributed by atoms with Crippen LogP contribution in [0.4, 0.5) is 5.69 Å². The van der Waals surface area contributed by atoms with Gasteiger partial charge in [-0.25, -0.2) is 8.42 Å². The first-order chi connectivity index (χ1) is 22.5. The van der Waals surface area contributed by atoms with Gasteiger partial charge in [0.15, 0.2) is 0 Å². The number of carbonyl (C=O) groups excluding carboxylic acids is 2. The number of thioether (sulfide) groups is 1. The molecule has 248 valence electrons. The third-order valence-corrected chi connectivity index (χ3v) is 11.0. The molecule has 0 radical (unpaired) electrons. The van der Waals surface area contributed by atoms with E-state index in [9.17, 15) is 18.0 Å². The molecule has 4 rings (SSSR count). The lowest BCUT2D eigenvalue weighted by Crippen LogP contribution is -2.53. The molecule has 1 atom stereocenters. The highest BCUT2D eigenvalue weighted by molar-refractivity contribution is 7.98. The maximum absolute atomic E-state index is 14.6. The zero-order valence-corrected chi connectivity index (χ0v) is 29.8. The summed E-state index contributed by atoms with van der Waals surface area (Å²) in [4.78, 5) is 30.9. The summed E-state index contributed by atoms with van der Waals surface area (Å²) in [5, 5.41) is 3.64. The number of aryl methyl sites for hydroxylation is 1. The molecule has 0 unspecified atom stereocenters. The SMILES string of the molecule is CCCCNC(=O)[C@@H](Cc1ccccc1)N(Cc1c(Cl)cccc1Cl)C(=O)CN(c1ccc(C)cc1)S(=O)(=O)c1ccc(SC)cc1. The Morgan fingerprint density at radius 2 is 1.51 bits per heavy atom. The van der Waals surface area contributed by atoms with E-state index in [0.29, 0.717) is 27.8 Å². The molecule has 0 spiro atoms. The number of halogens is 2. The van der Waals surface area contributed by atoms with E-state index in [2.05, 4.69) is 5.32 Å². The lowest BCUT2D eigenvalue weighted by Gasteiger charge is -2.34. The summed E-state index contributed by atoms with van der Waals surface area (Å²) >= 11 is 14.7. The Hall–Kier alpha value is -3.50. The fourth-order valence-corrected chi connectivity index (χ4v) is 7.37. The van der Waals surface area contributed by atoms with Crippen LogP contribution in [0, 0.1) is 6.92 Å². The molecule has 4 aromatic rings. The lowest BCUT2D eigenvalue weighted by molar-refractivity contribution is -0.140. The largest absolute Gasteiger partial charge is 0.354 e. The van der Waals surface area contributed by atoms with Crippen molar-refractivity contribution in [1.29, 1.82) is 0 Å². The summed E-state index contributed by atoms with van der Waals surface area (Å²) in [6, 6.07) is 26.9. The molecule has 0 heterocycles. The van der Waals surface area contributed by atoms with Crippen LogP contribution in [0.1, 0.15) is 36.5 Å². The molecule has 0 aliphatic carbocycles. The predicted octanol–water partition coefficient (Wildman–Crippen LogP) is 7.78. The Labute approximate surface area is 292 Å². The molecule has 4 aromatic carbocycles. The molecular formula is C36H39Cl2N3O4S2. The number of benzene rings is 4. The van der Waals surface area contributed by atoms with E-state index in [1.807, 2.05) is 50.4 Å². The van der Waals surface area contributed by atoms with Crippen molar-refractivity contribution in [2.75, 3.05) is 23.7 Å². The number of nitrogens with one attached hydrogen (secondary N) is 1. The third kappa shape index (κ3) is 9.54. The summed E-state index contributed by atoms with van der Waals surface area (Å²) in [6.07, 6.45) is 3.75. The Morgan fingerprint density at radius 1 is 0.872 bits per heavy atom. The number of hydrogen-bond acceptors (Lipinski definition) is 5. The van der Waals surface area contributed by atoms with E-state index in [1.165, 1.54) is 28.8 Å². The maximum Gasteiger partial charge on any atom is 0.264 e. The zero-order valence-electron chi connectivity index (χ0n) is 26.7. The average molecular weight is 713 g/mol. The molecule has 7 nitrogen and oxygen atoms in total. The molecule has 11 heteroatoms. The lowest BCUT2D eigenvalue weighted by atomic mass is 10.0. The van der Waals surface area contributed by atoms with Crippen LogP contribution < -0.4 is 9.62 Å². The molecule has 2 amide bonds. The van der Waals surface area contributed by atoms with Gasteiger partial charge in [0.05, 0.1) is 10.6 Å². The van der Waals surface area contributed by atoms with Crippen molar-refractivity contribution in [3.05, 3.63) is 124 Å². The quantitative estimate of drug-likeness (QED) is 0.101. The van der Waals surface area contributed by atoms with Gasteiger partial charge in [-0.3, -0.25) is 13.9 Å². The number of carbonyl (C=O) groups is 2. The topological polar surface area (TPSA) is 86.8 Å². The Bertz CT molecular complexity index is 1730. The van der Waals surface area contributed by atoms with Gasteiger partial charge in [0.1, 0.15) is 12.6 Å². The van der Waals surface area contributed by atoms with Crippen molar-refractivity contribution < 1.29 is 18.0 Å². The molecule has 0 aliphatic heterocycles. The fraction of sp³-hybridized carbons (Fsp3) is 0.278. The van der Waals surface area contributed by atoms with E-state index < -0.39 is 28.5 Å². The standard InChI is InChI=1S/C36H39Cl2N3O4S2/c1-4-5-22-39-36(43)34(23-27-10-7-6-8-11-27)40(24-31-32(37)12-9-13-33(31)38)35(42)25-41(28-16-14-26(2)15-17-28)47(44,45)30-20-18-29(46-3)19-21-30/h6-21,34H,4-5,22-25H2,1-3H3,(H,39,43)/t34-/m1/s1. The number of rotatable bonds is 15. The van der Waals surface area contributed by atoms with Crippen LogP contribution in [0.3, 0.4) is 0 Å². The van der Waals surface area contributed by atoms with Gasteiger partial charge in [-0.15, -0.1) is 11.8 Å². The molecule has 47 heavy (non-hydrogen) atoms. The average Bonchev–Trinajstić information content (AvgIpc) is 3.07. The Morgan fingerprint density at radius 3 is 2.11 bits per heavy atom. The number of anilines is 1. The normalized spacial score (nSPS) is 11.9. The van der Waals surface area contributed by atoms with E-state index in [-0.39, 0.29) is 23.8 Å². The molecular weight excluding hydrogens is 673 g/mol. The second kappa shape index (κ2) is 17.1. The predicted molar refractivity (Wildman–Crippen MR) is 193 cm³/mol. The second-order valence-electron chi connectivity index (χ2n) is 11.1. The third-order valence-electron chi connectivity index (χ3n) is 7.74. The van der Waals surface area contributed by atoms with E-state index >= 15 is 0 Å². The van der Waals surface area contributed by atoms with E-state index in [0.717, 1.165) is 33.2 Å². The number of hydrogen-bond donors (Lipinski definition) is 1. The van der Waals surface area contributed by atoms with Crippen molar-refractivity contribution in [1.82, 2.24) is 10.2 Å². The van der Waals surface area contributed by atoms with Crippen LogP contribution >= 0.6 is 35.0 Å². The van der Waals surface area contributed by atoms with Crippen molar-refractivity contribution in [2.24, 2.45) is 0 Å². The number of amides is 2. The highest BCUT2D eigenvalue weighted by Gasteiger charge is 2.35. The van der Waals surface area contributed by atoms with Crippen LogP contribution in [0.25, 0.3) is 0 Å². The molecule has 0 saturated heterocycles. The molecule has 0 aromatic heterocycles. The molecule has 0 fully saturated rings. The summed E-state index contributed by atoms with van der Waals surface area (Å²) < 4.78 is 29.6. The second-order valence-corrected chi connectivity index (χ2v) is 14.7. The Balaban J connectivity index is 1.82. The van der Waals surface area contributed by atoms with Gasteiger partial charge in [-0.1, -0.05) is 90.6 Å². The van der Waals surface area contributed by atoms with Gasteiger partial charge < -0.3 is 10.2 Å². The molecule has 0 saturated carbocycles. The minimum atomic E-state index is -4.21. The first-order valence-electron chi connectivity index (χ1n) is 15.3. The van der Waals surface area contributed by atoms with Gasteiger partial charge in [0, 0.05) is 40.0 Å². The fourth-order valence-electron chi connectivity index (χ4n) is 5.03. The highest BCUT2D eigenvalue weighted by atomic mass is 35.5. The molecule has 0 bridgehead atoms. The van der Waals surface area contributed by atoms with Gasteiger partial charge in [0.2, 0.25) is 11.8 Å². The van der Waals surface area contributed by atoms with Crippen LogP contribution in [-0.2, 0) is 32.6 Å². The molecule has 0 aliphatic rings. The van der Waals surface area contributed by atoms with Gasteiger partial charge in [0.25, 0.3) is 10.0 Å². The first-order valence-corrected chi connectivity index (χ1v) is 18.7. The van der Waals surface area contributed by atoms with Crippen LogP contribution in [-0.4, -0.2) is 50.5 Å². The van der Waals surface area contributed by atoms with Crippen LogP contribution in [0.5, 0.6) is 0 Å². The number of unbranched alkanes of at least 4 members (excludes halogenated alkanes) is 1. The first kappa shape index (κ1) is 36.3. The summed E-state index contributed by atoms with van der Waals surface area (Å²) in [6.45, 7) is 3.68. The number of nitrogens with zero attached hydrogens (tertiary/aromatic N) is 2. The minimum Gasteiger partial charge on any atom is -0.354 e. The Kier molecular flexibility index (Phi) is 13.2. The molecule has 1 N–H and O–H groups in total. The smallest absolute Gasteiger partial charge is 0.264 e. The van der Waals surface area contributed by atoms with Crippen molar-refractivity contribution in [3.8, 4) is 0 Å². The monoisotopic (exact) mass is 711 g/mol. The number of sulfonamides is 1. The van der Waals surface area contributed by atoms with Gasteiger partial charge in [-0.2, -0.15) is 0 Å². The van der Waals surface area contributed by atoms with E-state index in [1.54, 1.807) is 54.6 Å². The summed E-state index contributed by atoms with van der Waals surface area (Å²) in [7, 11) is -4.21. The van der Waals surface area contributed by atoms with Crippen LogP contribution in [0.15, 0.2) is 107 Å². The minimum absolute atomic E-state index is 0.0440.